The molecular weight excluding hydrogens is 270 g/mol. The van der Waals surface area contributed by atoms with Crippen LogP contribution in [0.4, 0.5) is 11.9 Å². The number of anilines is 2. The number of nitrogens with two attached hydrogens (primary N) is 2. The lowest BCUT2D eigenvalue weighted by Gasteiger charge is -2.04. The van der Waals surface area contributed by atoms with Crippen molar-refractivity contribution in [3.05, 3.63) is 28.2 Å². The van der Waals surface area contributed by atoms with Gasteiger partial charge in [0.15, 0.2) is 5.82 Å². The Labute approximate surface area is 101 Å². The highest BCUT2D eigenvalue weighted by Crippen LogP contribution is 2.23. The van der Waals surface area contributed by atoms with Crippen molar-refractivity contribution in [3.8, 4) is 11.4 Å². The molecule has 0 radical (unpaired) electrons. The maximum absolute atomic E-state index is 5.51. The first-order valence-electron chi connectivity index (χ1n) is 4.60. The van der Waals surface area contributed by atoms with Crippen LogP contribution in [-0.4, -0.2) is 15.0 Å². The second-order valence-corrected chi connectivity index (χ2v) is 4.19. The molecule has 4 N–H and O–H groups in total. The Hall–Kier alpha value is -1.69. The lowest BCUT2D eigenvalue weighted by molar-refractivity contribution is 1.09. The van der Waals surface area contributed by atoms with Crippen LogP contribution in [-0.2, 0) is 0 Å². The van der Waals surface area contributed by atoms with Gasteiger partial charge in [0.2, 0.25) is 11.9 Å². The van der Waals surface area contributed by atoms with Crippen molar-refractivity contribution in [2.24, 2.45) is 0 Å². The highest BCUT2D eigenvalue weighted by Gasteiger charge is 2.06. The number of benzene rings is 1. The van der Waals surface area contributed by atoms with Gasteiger partial charge in [-0.15, -0.1) is 0 Å². The molecule has 1 heterocycles. The maximum Gasteiger partial charge on any atom is 0.225 e. The minimum Gasteiger partial charge on any atom is -0.368 e. The lowest BCUT2D eigenvalue weighted by atomic mass is 10.1. The van der Waals surface area contributed by atoms with E-state index in [-0.39, 0.29) is 11.9 Å². The molecule has 82 valence electrons. The predicted molar refractivity (Wildman–Crippen MR) is 66.5 cm³/mol. The van der Waals surface area contributed by atoms with Gasteiger partial charge in [0.05, 0.1) is 0 Å². The van der Waals surface area contributed by atoms with E-state index in [1.807, 2.05) is 25.1 Å². The first-order chi connectivity index (χ1) is 7.56. The van der Waals surface area contributed by atoms with E-state index in [4.69, 9.17) is 11.5 Å². The molecule has 16 heavy (non-hydrogen) atoms. The number of nitrogens with zero attached hydrogens (tertiary/aromatic N) is 3. The normalized spacial score (nSPS) is 10.4. The maximum atomic E-state index is 5.51. The van der Waals surface area contributed by atoms with E-state index in [0.717, 1.165) is 15.6 Å². The largest absolute Gasteiger partial charge is 0.368 e. The molecule has 0 spiro atoms. The Morgan fingerprint density at radius 2 is 1.69 bits per heavy atom. The fourth-order valence-corrected chi connectivity index (χ4v) is 1.57. The van der Waals surface area contributed by atoms with Gasteiger partial charge in [-0.05, 0) is 24.6 Å². The second-order valence-electron chi connectivity index (χ2n) is 3.34. The van der Waals surface area contributed by atoms with Gasteiger partial charge in [0.25, 0.3) is 0 Å². The second kappa shape index (κ2) is 4.05. The van der Waals surface area contributed by atoms with Crippen molar-refractivity contribution in [3.63, 3.8) is 0 Å². The van der Waals surface area contributed by atoms with E-state index in [9.17, 15) is 0 Å². The third kappa shape index (κ3) is 2.11. The fourth-order valence-electron chi connectivity index (χ4n) is 1.32. The van der Waals surface area contributed by atoms with Crippen LogP contribution in [0.3, 0.4) is 0 Å². The topological polar surface area (TPSA) is 90.7 Å². The molecule has 0 atom stereocenters. The average molecular weight is 280 g/mol. The molecule has 0 bridgehead atoms. The minimum atomic E-state index is 0.128. The van der Waals surface area contributed by atoms with E-state index < -0.39 is 0 Å². The standard InChI is InChI=1S/C10H10BrN5/c1-5-4-6(2-3-7(5)11)8-14-9(12)16-10(13)15-8/h2-4H,1H3,(H4,12,13,14,15,16). The summed E-state index contributed by atoms with van der Waals surface area (Å²) in [6.07, 6.45) is 0. The van der Waals surface area contributed by atoms with Crippen molar-refractivity contribution in [2.75, 3.05) is 11.5 Å². The molecule has 0 aliphatic rings. The van der Waals surface area contributed by atoms with Crippen LogP contribution in [0.15, 0.2) is 22.7 Å². The van der Waals surface area contributed by atoms with Crippen molar-refractivity contribution >= 4 is 27.8 Å². The molecule has 1 aromatic carbocycles. The quantitative estimate of drug-likeness (QED) is 0.830. The first kappa shape index (κ1) is 10.8. The van der Waals surface area contributed by atoms with Crippen molar-refractivity contribution in [1.29, 1.82) is 0 Å². The average Bonchev–Trinajstić information content (AvgIpc) is 2.20. The van der Waals surface area contributed by atoms with E-state index in [1.165, 1.54) is 0 Å². The van der Waals surface area contributed by atoms with Gasteiger partial charge in [-0.3, -0.25) is 0 Å². The van der Waals surface area contributed by atoms with Gasteiger partial charge in [0, 0.05) is 10.0 Å². The summed E-state index contributed by atoms with van der Waals surface area (Å²) in [5.41, 5.74) is 13.0. The van der Waals surface area contributed by atoms with E-state index in [1.54, 1.807) is 0 Å². The van der Waals surface area contributed by atoms with Crippen LogP contribution < -0.4 is 11.5 Å². The SMILES string of the molecule is Cc1cc(-c2nc(N)nc(N)n2)ccc1Br. The molecule has 0 aliphatic heterocycles. The number of nitrogen functional groups attached to an aromatic ring is 2. The summed E-state index contributed by atoms with van der Waals surface area (Å²) in [6.45, 7) is 1.99. The monoisotopic (exact) mass is 279 g/mol. The summed E-state index contributed by atoms with van der Waals surface area (Å²) in [5, 5.41) is 0. The number of aromatic nitrogens is 3. The highest BCUT2D eigenvalue weighted by molar-refractivity contribution is 9.10. The highest BCUT2D eigenvalue weighted by atomic mass is 79.9. The van der Waals surface area contributed by atoms with Crippen LogP contribution in [0.2, 0.25) is 0 Å². The van der Waals surface area contributed by atoms with Crippen molar-refractivity contribution < 1.29 is 0 Å². The van der Waals surface area contributed by atoms with E-state index >= 15 is 0 Å². The smallest absolute Gasteiger partial charge is 0.225 e. The molecule has 0 saturated carbocycles. The van der Waals surface area contributed by atoms with Crippen LogP contribution >= 0.6 is 15.9 Å². The van der Waals surface area contributed by atoms with E-state index in [0.29, 0.717) is 5.82 Å². The summed E-state index contributed by atoms with van der Waals surface area (Å²) < 4.78 is 1.03. The molecule has 0 amide bonds. The number of hydrogen-bond acceptors (Lipinski definition) is 5. The molecule has 5 nitrogen and oxygen atoms in total. The zero-order valence-electron chi connectivity index (χ0n) is 8.61. The summed E-state index contributed by atoms with van der Waals surface area (Å²) >= 11 is 3.43. The summed E-state index contributed by atoms with van der Waals surface area (Å²) in [6, 6.07) is 5.78. The zero-order valence-corrected chi connectivity index (χ0v) is 10.2. The van der Waals surface area contributed by atoms with Gasteiger partial charge in [-0.2, -0.15) is 15.0 Å². The number of rotatable bonds is 1. The van der Waals surface area contributed by atoms with Crippen LogP contribution in [0, 0.1) is 6.92 Å². The van der Waals surface area contributed by atoms with Gasteiger partial charge >= 0.3 is 0 Å². The Kier molecular flexibility index (Phi) is 2.74. The third-order valence-electron chi connectivity index (χ3n) is 2.09. The molecule has 0 unspecified atom stereocenters. The number of hydrogen-bond donors (Lipinski definition) is 2. The Balaban J connectivity index is 2.54. The Bertz CT molecular complexity index is 520. The van der Waals surface area contributed by atoms with Crippen molar-refractivity contribution in [2.45, 2.75) is 6.92 Å². The zero-order chi connectivity index (χ0) is 11.7. The van der Waals surface area contributed by atoms with Crippen LogP contribution in [0.1, 0.15) is 5.56 Å². The van der Waals surface area contributed by atoms with Gasteiger partial charge < -0.3 is 11.5 Å². The first-order valence-corrected chi connectivity index (χ1v) is 5.39. The molecule has 0 aliphatic carbocycles. The van der Waals surface area contributed by atoms with Crippen LogP contribution in [0.5, 0.6) is 0 Å². The lowest BCUT2D eigenvalue weighted by Crippen LogP contribution is -2.04. The Morgan fingerprint density at radius 1 is 1.06 bits per heavy atom. The van der Waals surface area contributed by atoms with Gasteiger partial charge in [-0.25, -0.2) is 0 Å². The molecule has 0 fully saturated rings. The van der Waals surface area contributed by atoms with Gasteiger partial charge in [-0.1, -0.05) is 22.0 Å². The molecule has 0 saturated heterocycles. The summed E-state index contributed by atoms with van der Waals surface area (Å²) in [7, 11) is 0. The summed E-state index contributed by atoms with van der Waals surface area (Å²) in [5.74, 6) is 0.742. The molecule has 1 aromatic heterocycles. The number of aryl methyl sites for hydroxylation is 1. The molecular formula is C10H10BrN5. The summed E-state index contributed by atoms with van der Waals surface area (Å²) in [4.78, 5) is 11.8. The number of halogens is 1. The Morgan fingerprint density at radius 3 is 2.25 bits per heavy atom. The fraction of sp³-hybridized carbons (Fsp3) is 0.100. The van der Waals surface area contributed by atoms with Crippen LogP contribution in [0.25, 0.3) is 11.4 Å². The van der Waals surface area contributed by atoms with E-state index in [2.05, 4.69) is 30.9 Å². The third-order valence-corrected chi connectivity index (χ3v) is 2.98. The van der Waals surface area contributed by atoms with Crippen molar-refractivity contribution in [1.82, 2.24) is 15.0 Å². The predicted octanol–water partition coefficient (Wildman–Crippen LogP) is 1.77. The molecule has 2 rings (SSSR count). The van der Waals surface area contributed by atoms with Gasteiger partial charge in [0.1, 0.15) is 0 Å². The minimum absolute atomic E-state index is 0.128. The molecule has 6 heteroatoms. The molecule has 2 aromatic rings.